The lowest BCUT2D eigenvalue weighted by molar-refractivity contribution is 0.191. The van der Waals surface area contributed by atoms with Crippen LogP contribution in [0.1, 0.15) is 24.1 Å². The monoisotopic (exact) mass is 254 g/mol. The summed E-state index contributed by atoms with van der Waals surface area (Å²) in [5.74, 6) is 0. The van der Waals surface area contributed by atoms with Crippen molar-refractivity contribution in [3.63, 3.8) is 0 Å². The molecule has 19 heavy (non-hydrogen) atoms. The minimum atomic E-state index is -0.438. The van der Waals surface area contributed by atoms with Crippen molar-refractivity contribution in [1.82, 2.24) is 4.90 Å². The number of likely N-dealkylation sites (N-methyl/N-ethyl adjacent to an activating group) is 1. The standard InChI is InChI=1S/C17H22N2/c1-17(18,15-12-8-5-9-13-15)16(19(2)3)14-10-6-4-7-11-14/h4-13,16H,18H2,1-3H3. The van der Waals surface area contributed by atoms with Crippen molar-refractivity contribution in [3.05, 3.63) is 71.8 Å². The first-order chi connectivity index (χ1) is 9.03. The number of hydrogen-bond donors (Lipinski definition) is 1. The van der Waals surface area contributed by atoms with Crippen LogP contribution in [0.15, 0.2) is 60.7 Å². The quantitative estimate of drug-likeness (QED) is 0.908. The van der Waals surface area contributed by atoms with Crippen molar-refractivity contribution in [3.8, 4) is 0 Å². The van der Waals surface area contributed by atoms with Crippen LogP contribution in [-0.4, -0.2) is 19.0 Å². The number of benzene rings is 2. The number of hydrogen-bond acceptors (Lipinski definition) is 2. The van der Waals surface area contributed by atoms with Gasteiger partial charge in [0.25, 0.3) is 0 Å². The summed E-state index contributed by atoms with van der Waals surface area (Å²) >= 11 is 0. The Labute approximate surface area is 115 Å². The molecule has 2 atom stereocenters. The molecule has 2 nitrogen and oxygen atoms in total. The van der Waals surface area contributed by atoms with Crippen LogP contribution >= 0.6 is 0 Å². The maximum atomic E-state index is 6.67. The van der Waals surface area contributed by atoms with E-state index in [2.05, 4.69) is 62.3 Å². The van der Waals surface area contributed by atoms with Crippen LogP contribution in [0, 0.1) is 0 Å². The van der Waals surface area contributed by atoms with Gasteiger partial charge in [0.15, 0.2) is 0 Å². The smallest absolute Gasteiger partial charge is 0.0580 e. The van der Waals surface area contributed by atoms with E-state index in [-0.39, 0.29) is 6.04 Å². The lowest BCUT2D eigenvalue weighted by atomic mass is 9.81. The Balaban J connectivity index is 2.45. The second kappa shape index (κ2) is 5.55. The van der Waals surface area contributed by atoms with E-state index in [4.69, 9.17) is 5.73 Å². The average molecular weight is 254 g/mol. The van der Waals surface area contributed by atoms with Crippen LogP contribution in [0.3, 0.4) is 0 Å². The molecule has 2 heteroatoms. The maximum Gasteiger partial charge on any atom is 0.0580 e. The second-order valence-corrected chi connectivity index (χ2v) is 5.43. The van der Waals surface area contributed by atoms with Crippen LogP contribution in [0.2, 0.25) is 0 Å². The van der Waals surface area contributed by atoms with Crippen molar-refractivity contribution >= 4 is 0 Å². The summed E-state index contributed by atoms with van der Waals surface area (Å²) in [5, 5.41) is 0. The third-order valence-electron chi connectivity index (χ3n) is 3.60. The van der Waals surface area contributed by atoms with Crippen LogP contribution < -0.4 is 5.73 Å². The van der Waals surface area contributed by atoms with E-state index in [9.17, 15) is 0 Å². The summed E-state index contributed by atoms with van der Waals surface area (Å²) in [7, 11) is 4.15. The van der Waals surface area contributed by atoms with Crippen molar-refractivity contribution in [2.45, 2.75) is 18.5 Å². The fraction of sp³-hybridized carbons (Fsp3) is 0.294. The summed E-state index contributed by atoms with van der Waals surface area (Å²) in [4.78, 5) is 2.18. The van der Waals surface area contributed by atoms with Gasteiger partial charge in [0.1, 0.15) is 0 Å². The van der Waals surface area contributed by atoms with Gasteiger partial charge in [-0.3, -0.25) is 0 Å². The first-order valence-electron chi connectivity index (χ1n) is 6.59. The van der Waals surface area contributed by atoms with Crippen LogP contribution in [-0.2, 0) is 5.54 Å². The molecule has 2 unspecified atom stereocenters. The molecule has 0 amide bonds. The zero-order valence-electron chi connectivity index (χ0n) is 11.9. The fourth-order valence-corrected chi connectivity index (χ4v) is 2.77. The van der Waals surface area contributed by atoms with E-state index in [0.717, 1.165) is 5.56 Å². The lowest BCUT2D eigenvalue weighted by Gasteiger charge is -2.39. The van der Waals surface area contributed by atoms with Gasteiger partial charge in [0, 0.05) is 0 Å². The summed E-state index contributed by atoms with van der Waals surface area (Å²) in [6.45, 7) is 2.10. The van der Waals surface area contributed by atoms with E-state index in [0.29, 0.717) is 0 Å². The minimum absolute atomic E-state index is 0.135. The molecule has 0 heterocycles. The van der Waals surface area contributed by atoms with Crippen LogP contribution in [0.25, 0.3) is 0 Å². The third kappa shape index (κ3) is 2.86. The molecule has 0 aliphatic heterocycles. The molecule has 0 spiro atoms. The number of nitrogens with zero attached hydrogens (tertiary/aromatic N) is 1. The Morgan fingerprint density at radius 2 is 1.37 bits per heavy atom. The van der Waals surface area contributed by atoms with Gasteiger partial charge in [-0.25, -0.2) is 0 Å². The molecule has 2 aromatic rings. The highest BCUT2D eigenvalue weighted by molar-refractivity contribution is 5.31. The fourth-order valence-electron chi connectivity index (χ4n) is 2.77. The molecule has 2 rings (SSSR count). The largest absolute Gasteiger partial charge is 0.320 e. The van der Waals surface area contributed by atoms with Crippen LogP contribution in [0.5, 0.6) is 0 Å². The molecule has 0 aliphatic carbocycles. The van der Waals surface area contributed by atoms with Gasteiger partial charge in [0.05, 0.1) is 11.6 Å². The van der Waals surface area contributed by atoms with Crippen LogP contribution in [0.4, 0.5) is 0 Å². The second-order valence-electron chi connectivity index (χ2n) is 5.43. The first-order valence-corrected chi connectivity index (χ1v) is 6.59. The molecule has 0 aliphatic rings. The molecule has 0 saturated heterocycles. The molecule has 100 valence electrons. The van der Waals surface area contributed by atoms with Gasteiger partial charge in [0.2, 0.25) is 0 Å². The van der Waals surface area contributed by atoms with Gasteiger partial charge in [-0.2, -0.15) is 0 Å². The van der Waals surface area contributed by atoms with E-state index >= 15 is 0 Å². The van der Waals surface area contributed by atoms with Crippen molar-refractivity contribution in [2.24, 2.45) is 5.73 Å². The average Bonchev–Trinajstić information content (AvgIpc) is 2.40. The predicted molar refractivity (Wildman–Crippen MR) is 80.9 cm³/mol. The Bertz CT molecular complexity index is 503. The molecule has 0 bridgehead atoms. The highest BCUT2D eigenvalue weighted by Crippen LogP contribution is 2.35. The van der Waals surface area contributed by atoms with E-state index in [1.807, 2.05) is 24.3 Å². The Morgan fingerprint density at radius 1 is 0.895 bits per heavy atom. The molecule has 0 fully saturated rings. The van der Waals surface area contributed by atoms with Gasteiger partial charge in [-0.15, -0.1) is 0 Å². The molecule has 0 aromatic heterocycles. The third-order valence-corrected chi connectivity index (χ3v) is 3.60. The predicted octanol–water partition coefficient (Wildman–Crippen LogP) is 3.16. The minimum Gasteiger partial charge on any atom is -0.320 e. The van der Waals surface area contributed by atoms with E-state index in [1.165, 1.54) is 5.56 Å². The highest BCUT2D eigenvalue weighted by Gasteiger charge is 2.34. The Morgan fingerprint density at radius 3 is 1.84 bits per heavy atom. The van der Waals surface area contributed by atoms with Crippen molar-refractivity contribution < 1.29 is 0 Å². The summed E-state index contributed by atoms with van der Waals surface area (Å²) in [5.41, 5.74) is 8.62. The van der Waals surface area contributed by atoms with E-state index < -0.39 is 5.54 Å². The summed E-state index contributed by atoms with van der Waals surface area (Å²) < 4.78 is 0. The summed E-state index contributed by atoms with van der Waals surface area (Å²) in [6, 6.07) is 20.9. The van der Waals surface area contributed by atoms with Crippen molar-refractivity contribution in [1.29, 1.82) is 0 Å². The molecule has 0 radical (unpaired) electrons. The molecular weight excluding hydrogens is 232 g/mol. The topological polar surface area (TPSA) is 29.3 Å². The molecule has 2 N–H and O–H groups in total. The van der Waals surface area contributed by atoms with Gasteiger partial charge in [-0.05, 0) is 32.1 Å². The van der Waals surface area contributed by atoms with Gasteiger partial charge < -0.3 is 10.6 Å². The Kier molecular flexibility index (Phi) is 4.03. The van der Waals surface area contributed by atoms with Gasteiger partial charge in [-0.1, -0.05) is 60.7 Å². The maximum absolute atomic E-state index is 6.67. The number of rotatable bonds is 4. The molecule has 0 saturated carbocycles. The molecule has 2 aromatic carbocycles. The lowest BCUT2D eigenvalue weighted by Crippen LogP contribution is -2.45. The van der Waals surface area contributed by atoms with Crippen molar-refractivity contribution in [2.75, 3.05) is 14.1 Å². The summed E-state index contributed by atoms with van der Waals surface area (Å²) in [6.07, 6.45) is 0. The first kappa shape index (κ1) is 13.8. The SMILES string of the molecule is CN(C)C(c1ccccc1)C(C)(N)c1ccccc1. The normalized spacial score (nSPS) is 16.1. The highest BCUT2D eigenvalue weighted by atomic mass is 15.1. The van der Waals surface area contributed by atoms with E-state index in [1.54, 1.807) is 0 Å². The Hall–Kier alpha value is -1.64. The zero-order chi connectivity index (χ0) is 13.9. The molecular formula is C17H22N2. The zero-order valence-corrected chi connectivity index (χ0v) is 11.9. The number of nitrogens with two attached hydrogens (primary N) is 1. The van der Waals surface area contributed by atoms with Gasteiger partial charge >= 0.3 is 0 Å².